The van der Waals surface area contributed by atoms with Crippen molar-refractivity contribution in [3.05, 3.63) is 47.0 Å². The number of rotatable bonds is 3. The zero-order chi connectivity index (χ0) is 15.0. The van der Waals surface area contributed by atoms with E-state index in [1.165, 1.54) is 22.8 Å². The number of aromatic nitrogens is 2. The molecule has 0 saturated carbocycles. The summed E-state index contributed by atoms with van der Waals surface area (Å²) < 4.78 is 2.29. The van der Waals surface area contributed by atoms with Gasteiger partial charge in [0.05, 0.1) is 5.69 Å². The van der Waals surface area contributed by atoms with E-state index < -0.39 is 0 Å². The molecule has 0 radical (unpaired) electrons. The van der Waals surface area contributed by atoms with Crippen molar-refractivity contribution in [3.63, 3.8) is 0 Å². The van der Waals surface area contributed by atoms with Gasteiger partial charge in [-0.05, 0) is 17.7 Å². The van der Waals surface area contributed by atoms with Crippen molar-refractivity contribution in [2.75, 3.05) is 12.3 Å². The van der Waals surface area contributed by atoms with Gasteiger partial charge in [0.15, 0.2) is 0 Å². The number of anilines is 1. The molecule has 1 aliphatic heterocycles. The monoisotopic (exact) mass is 356 g/mol. The molecule has 0 spiro atoms. The van der Waals surface area contributed by atoms with Crippen molar-refractivity contribution in [1.29, 1.82) is 0 Å². The Morgan fingerprint density at radius 2 is 2.00 bits per heavy atom. The van der Waals surface area contributed by atoms with E-state index >= 15 is 0 Å². The summed E-state index contributed by atoms with van der Waals surface area (Å²) in [7, 11) is 2.15. The molecule has 128 valence electrons. The fourth-order valence-corrected chi connectivity index (χ4v) is 3.20. The topological polar surface area (TPSA) is 47.1 Å². The van der Waals surface area contributed by atoms with Crippen LogP contribution in [0.15, 0.2) is 24.3 Å². The van der Waals surface area contributed by atoms with Crippen molar-refractivity contribution >= 4 is 30.5 Å². The molecule has 0 fully saturated rings. The molecule has 2 heterocycles. The number of imidazole rings is 1. The van der Waals surface area contributed by atoms with Crippen molar-refractivity contribution in [2.45, 2.75) is 39.3 Å². The number of halogens is 2. The molecule has 0 atom stereocenters. The Hall–Kier alpha value is -1.23. The van der Waals surface area contributed by atoms with E-state index in [1.807, 2.05) is 12.1 Å². The van der Waals surface area contributed by atoms with Crippen LogP contribution in [0.5, 0.6) is 0 Å². The molecule has 4 nitrogen and oxygen atoms in total. The SMILES string of the molecule is CC(C)c1nc2c(n1C)CCN(Cc1cccc(N)c1)C2.Cl.Cl. The van der Waals surface area contributed by atoms with Crippen molar-refractivity contribution < 1.29 is 0 Å². The van der Waals surface area contributed by atoms with Gasteiger partial charge in [-0.15, -0.1) is 24.8 Å². The number of nitrogens with two attached hydrogens (primary N) is 1. The summed E-state index contributed by atoms with van der Waals surface area (Å²) in [5.74, 6) is 1.67. The molecule has 1 aromatic heterocycles. The summed E-state index contributed by atoms with van der Waals surface area (Å²) in [6.07, 6.45) is 1.08. The fourth-order valence-electron chi connectivity index (χ4n) is 3.20. The zero-order valence-electron chi connectivity index (χ0n) is 14.0. The van der Waals surface area contributed by atoms with E-state index in [-0.39, 0.29) is 24.8 Å². The summed E-state index contributed by atoms with van der Waals surface area (Å²) in [5.41, 5.74) is 10.6. The van der Waals surface area contributed by atoms with E-state index in [2.05, 4.69) is 42.5 Å². The number of fused-ring (bicyclic) bond motifs is 1. The molecular formula is C17H26Cl2N4. The number of benzene rings is 1. The lowest BCUT2D eigenvalue weighted by atomic mass is 10.1. The highest BCUT2D eigenvalue weighted by molar-refractivity contribution is 5.85. The highest BCUT2D eigenvalue weighted by Gasteiger charge is 2.23. The quantitative estimate of drug-likeness (QED) is 0.855. The average molecular weight is 357 g/mol. The van der Waals surface area contributed by atoms with Gasteiger partial charge in [-0.1, -0.05) is 26.0 Å². The molecule has 23 heavy (non-hydrogen) atoms. The largest absolute Gasteiger partial charge is 0.399 e. The second-order valence-electron chi connectivity index (χ2n) is 6.28. The number of hydrogen-bond acceptors (Lipinski definition) is 3. The third-order valence-electron chi connectivity index (χ3n) is 4.24. The lowest BCUT2D eigenvalue weighted by Gasteiger charge is -2.26. The maximum Gasteiger partial charge on any atom is 0.111 e. The molecule has 0 aliphatic carbocycles. The van der Waals surface area contributed by atoms with Gasteiger partial charge in [0.25, 0.3) is 0 Å². The third kappa shape index (κ3) is 4.19. The van der Waals surface area contributed by atoms with Crippen molar-refractivity contribution in [3.8, 4) is 0 Å². The summed E-state index contributed by atoms with van der Waals surface area (Å²) in [6.45, 7) is 7.37. The minimum atomic E-state index is 0. The molecule has 1 aromatic carbocycles. The lowest BCUT2D eigenvalue weighted by molar-refractivity contribution is 0.240. The summed E-state index contributed by atoms with van der Waals surface area (Å²) in [6, 6.07) is 8.17. The molecule has 3 rings (SSSR count). The van der Waals surface area contributed by atoms with E-state index in [0.717, 1.165) is 31.7 Å². The van der Waals surface area contributed by atoms with Crippen molar-refractivity contribution in [2.24, 2.45) is 7.05 Å². The first kappa shape index (κ1) is 19.8. The molecule has 0 bridgehead atoms. The number of hydrogen-bond donors (Lipinski definition) is 1. The van der Waals surface area contributed by atoms with E-state index in [4.69, 9.17) is 10.7 Å². The first-order valence-corrected chi connectivity index (χ1v) is 7.65. The van der Waals surface area contributed by atoms with Gasteiger partial charge < -0.3 is 10.3 Å². The van der Waals surface area contributed by atoms with Crippen LogP contribution in [0.1, 0.15) is 42.5 Å². The number of nitrogen functional groups attached to an aromatic ring is 1. The predicted molar refractivity (Wildman–Crippen MR) is 100 cm³/mol. The van der Waals surface area contributed by atoms with E-state index in [9.17, 15) is 0 Å². The summed E-state index contributed by atoms with van der Waals surface area (Å²) in [5, 5.41) is 0. The molecule has 0 unspecified atom stereocenters. The zero-order valence-corrected chi connectivity index (χ0v) is 15.6. The van der Waals surface area contributed by atoms with Crippen LogP contribution in [-0.2, 0) is 26.6 Å². The Morgan fingerprint density at radius 3 is 2.65 bits per heavy atom. The van der Waals surface area contributed by atoms with Crippen LogP contribution in [0.25, 0.3) is 0 Å². The van der Waals surface area contributed by atoms with Crippen LogP contribution in [0, 0.1) is 0 Å². The van der Waals surface area contributed by atoms with E-state index in [1.54, 1.807) is 0 Å². The Kier molecular flexibility index (Phi) is 6.93. The summed E-state index contributed by atoms with van der Waals surface area (Å²) >= 11 is 0. The van der Waals surface area contributed by atoms with Crippen LogP contribution in [0.3, 0.4) is 0 Å². The van der Waals surface area contributed by atoms with Crippen LogP contribution in [-0.4, -0.2) is 21.0 Å². The van der Waals surface area contributed by atoms with Crippen LogP contribution < -0.4 is 5.73 Å². The van der Waals surface area contributed by atoms with Crippen LogP contribution >= 0.6 is 24.8 Å². The Morgan fingerprint density at radius 1 is 1.26 bits per heavy atom. The Bertz CT molecular complexity index is 652. The third-order valence-corrected chi connectivity index (χ3v) is 4.24. The highest BCUT2D eigenvalue weighted by atomic mass is 35.5. The molecular weight excluding hydrogens is 331 g/mol. The number of nitrogens with zero attached hydrogens (tertiary/aromatic N) is 3. The average Bonchev–Trinajstić information content (AvgIpc) is 2.76. The van der Waals surface area contributed by atoms with Crippen LogP contribution in [0.2, 0.25) is 0 Å². The Labute approximate surface area is 150 Å². The molecule has 0 saturated heterocycles. The molecule has 2 N–H and O–H groups in total. The van der Waals surface area contributed by atoms with Crippen molar-refractivity contribution in [1.82, 2.24) is 14.5 Å². The van der Waals surface area contributed by atoms with Gasteiger partial charge in [-0.2, -0.15) is 0 Å². The highest BCUT2D eigenvalue weighted by Crippen LogP contribution is 2.24. The molecule has 6 heteroatoms. The van der Waals surface area contributed by atoms with E-state index in [0.29, 0.717) is 5.92 Å². The van der Waals surface area contributed by atoms with Gasteiger partial charge in [-0.3, -0.25) is 4.90 Å². The second kappa shape index (κ2) is 8.04. The second-order valence-corrected chi connectivity index (χ2v) is 6.28. The minimum Gasteiger partial charge on any atom is -0.399 e. The minimum absolute atomic E-state index is 0. The normalized spacial score (nSPS) is 14.1. The van der Waals surface area contributed by atoms with Gasteiger partial charge in [0, 0.05) is 50.4 Å². The molecule has 1 aliphatic rings. The first-order valence-electron chi connectivity index (χ1n) is 7.65. The lowest BCUT2D eigenvalue weighted by Crippen LogP contribution is -2.30. The smallest absolute Gasteiger partial charge is 0.111 e. The van der Waals surface area contributed by atoms with Gasteiger partial charge >= 0.3 is 0 Å². The maximum atomic E-state index is 5.86. The summed E-state index contributed by atoms with van der Waals surface area (Å²) in [4.78, 5) is 7.31. The Balaban J connectivity index is 0.00000132. The van der Waals surface area contributed by atoms with Gasteiger partial charge in [-0.25, -0.2) is 4.98 Å². The molecule has 0 amide bonds. The van der Waals surface area contributed by atoms with Crippen LogP contribution in [0.4, 0.5) is 5.69 Å². The van der Waals surface area contributed by atoms with Gasteiger partial charge in [0.2, 0.25) is 0 Å². The van der Waals surface area contributed by atoms with Gasteiger partial charge in [0.1, 0.15) is 5.82 Å². The fraction of sp³-hybridized carbons (Fsp3) is 0.471. The maximum absolute atomic E-state index is 5.86. The molecule has 2 aromatic rings. The first-order chi connectivity index (χ1) is 10.0. The standard InChI is InChI=1S/C17H24N4.2ClH/c1-12(2)17-19-15-11-21(8-7-16(15)20(17)3)10-13-5-4-6-14(18)9-13;;/h4-6,9,12H,7-8,10-11,18H2,1-3H3;2*1H. The predicted octanol–water partition coefficient (Wildman–Crippen LogP) is 3.53.